The average Bonchev–Trinajstić information content (AvgIpc) is 2.90. The fraction of sp³-hybridized carbons (Fsp3) is 0.200. The summed E-state index contributed by atoms with van der Waals surface area (Å²) in [7, 11) is 1.36. The molecule has 0 N–H and O–H groups in total. The average molecular weight is 383 g/mol. The van der Waals surface area contributed by atoms with Crippen LogP contribution >= 0.6 is 11.6 Å². The van der Waals surface area contributed by atoms with Crippen LogP contribution in [-0.2, 0) is 26.3 Å². The summed E-state index contributed by atoms with van der Waals surface area (Å²) < 4.78 is 0. The molecule has 0 saturated carbocycles. The molecule has 136 valence electrons. The second-order valence-electron chi connectivity index (χ2n) is 6.71. The molecule has 0 aromatic heterocycles. The lowest BCUT2D eigenvalue weighted by Gasteiger charge is -2.37. The van der Waals surface area contributed by atoms with Gasteiger partial charge in [0.15, 0.2) is 5.41 Å². The summed E-state index contributed by atoms with van der Waals surface area (Å²) in [6, 6.07) is 13.2. The Kier molecular flexibility index (Phi) is 3.89. The van der Waals surface area contributed by atoms with Crippen LogP contribution in [0.3, 0.4) is 0 Å². The van der Waals surface area contributed by atoms with Gasteiger partial charge in [-0.1, -0.05) is 41.9 Å². The number of nitrogens with zero attached hydrogens (tertiary/aromatic N) is 2. The number of likely N-dealkylation sites (N-methyl/N-ethyl adjacent to an activating group) is 1. The maximum atomic E-state index is 13.4. The molecule has 2 aliphatic heterocycles. The largest absolute Gasteiger partial charge is 0.284 e. The summed E-state index contributed by atoms with van der Waals surface area (Å²) in [4.78, 5) is 53.5. The first-order valence-electron chi connectivity index (χ1n) is 8.37. The summed E-state index contributed by atoms with van der Waals surface area (Å²) >= 11 is 5.89. The Balaban J connectivity index is 1.85. The number of carbonyl (C=O) groups is 4. The van der Waals surface area contributed by atoms with Gasteiger partial charge in [-0.05, 0) is 29.3 Å². The fourth-order valence-electron chi connectivity index (χ4n) is 3.74. The van der Waals surface area contributed by atoms with E-state index in [1.165, 1.54) is 7.05 Å². The van der Waals surface area contributed by atoms with Gasteiger partial charge >= 0.3 is 0 Å². The molecule has 1 atom stereocenters. The number of carbonyl (C=O) groups excluding carboxylic acids is 4. The van der Waals surface area contributed by atoms with Crippen molar-refractivity contribution in [1.82, 2.24) is 9.80 Å². The van der Waals surface area contributed by atoms with Crippen LogP contribution in [0.15, 0.2) is 48.5 Å². The van der Waals surface area contributed by atoms with E-state index in [-0.39, 0.29) is 18.5 Å². The summed E-state index contributed by atoms with van der Waals surface area (Å²) in [6.07, 6.45) is -0.275. The van der Waals surface area contributed by atoms with E-state index < -0.39 is 29.0 Å². The minimum Gasteiger partial charge on any atom is -0.284 e. The molecular weight excluding hydrogens is 368 g/mol. The number of hydrogen-bond donors (Lipinski definition) is 0. The Hall–Kier alpha value is -2.99. The summed E-state index contributed by atoms with van der Waals surface area (Å²) in [5.41, 5.74) is -0.415. The van der Waals surface area contributed by atoms with E-state index in [9.17, 15) is 19.2 Å². The van der Waals surface area contributed by atoms with Gasteiger partial charge in [-0.25, -0.2) is 0 Å². The lowest BCUT2D eigenvalue weighted by atomic mass is 9.72. The van der Waals surface area contributed by atoms with Crippen molar-refractivity contribution < 1.29 is 19.2 Å². The predicted molar refractivity (Wildman–Crippen MR) is 96.8 cm³/mol. The van der Waals surface area contributed by atoms with Crippen LogP contribution in [0.25, 0.3) is 0 Å². The first kappa shape index (κ1) is 17.4. The number of rotatable bonds is 2. The molecule has 1 fully saturated rings. The first-order chi connectivity index (χ1) is 12.9. The molecule has 2 aliphatic rings. The number of likely N-dealkylation sites (tertiary alicyclic amines) is 1. The maximum Gasteiger partial charge on any atom is 0.261 e. The Morgan fingerprint density at radius 3 is 2.26 bits per heavy atom. The molecule has 1 unspecified atom stereocenters. The number of amides is 4. The molecule has 7 heteroatoms. The van der Waals surface area contributed by atoms with E-state index in [4.69, 9.17) is 11.6 Å². The fourth-order valence-corrected chi connectivity index (χ4v) is 3.87. The van der Waals surface area contributed by atoms with Gasteiger partial charge in [-0.15, -0.1) is 0 Å². The van der Waals surface area contributed by atoms with Crippen LogP contribution in [0.5, 0.6) is 0 Å². The van der Waals surface area contributed by atoms with Crippen molar-refractivity contribution in [2.75, 3.05) is 7.05 Å². The van der Waals surface area contributed by atoms with Gasteiger partial charge in [0.05, 0.1) is 13.0 Å². The number of benzene rings is 2. The van der Waals surface area contributed by atoms with E-state index in [0.29, 0.717) is 16.1 Å². The lowest BCUT2D eigenvalue weighted by Crippen LogP contribution is -2.57. The molecule has 27 heavy (non-hydrogen) atoms. The third-order valence-electron chi connectivity index (χ3n) is 5.19. The van der Waals surface area contributed by atoms with Gasteiger partial charge in [0, 0.05) is 17.6 Å². The Morgan fingerprint density at radius 1 is 0.963 bits per heavy atom. The summed E-state index contributed by atoms with van der Waals surface area (Å²) in [5.74, 6) is -2.18. The second-order valence-corrected chi connectivity index (χ2v) is 7.14. The molecule has 2 aromatic carbocycles. The van der Waals surface area contributed by atoms with Crippen LogP contribution in [0.2, 0.25) is 5.02 Å². The first-order valence-corrected chi connectivity index (χ1v) is 8.75. The van der Waals surface area contributed by atoms with Crippen LogP contribution < -0.4 is 0 Å². The zero-order valence-electron chi connectivity index (χ0n) is 14.4. The molecule has 0 radical (unpaired) electrons. The van der Waals surface area contributed by atoms with Gasteiger partial charge in [0.1, 0.15) is 0 Å². The highest BCUT2D eigenvalue weighted by Crippen LogP contribution is 2.43. The molecule has 4 amide bonds. The monoisotopic (exact) mass is 382 g/mol. The summed E-state index contributed by atoms with van der Waals surface area (Å²) in [6.45, 7) is -0.00386. The van der Waals surface area contributed by atoms with Crippen molar-refractivity contribution in [2.45, 2.75) is 18.4 Å². The van der Waals surface area contributed by atoms with Gasteiger partial charge in [0.25, 0.3) is 11.8 Å². The SMILES string of the molecule is CN1C(=O)CC2(C1=O)C(=O)N(Cc1ccc(Cl)cc1)C(=O)c1ccccc12. The molecule has 6 nitrogen and oxygen atoms in total. The highest BCUT2D eigenvalue weighted by molar-refractivity contribution is 6.30. The molecule has 0 aliphatic carbocycles. The number of fused-ring (bicyclic) bond motifs is 2. The zero-order valence-corrected chi connectivity index (χ0v) is 15.2. The van der Waals surface area contributed by atoms with Crippen LogP contribution in [0, 0.1) is 0 Å². The second kappa shape index (κ2) is 6.03. The van der Waals surface area contributed by atoms with E-state index in [2.05, 4.69) is 0 Å². The normalized spacial score (nSPS) is 22.0. The Bertz CT molecular complexity index is 1000. The molecule has 0 bridgehead atoms. The van der Waals surface area contributed by atoms with Crippen LogP contribution in [0.1, 0.15) is 27.9 Å². The van der Waals surface area contributed by atoms with Crippen molar-refractivity contribution in [3.05, 3.63) is 70.2 Å². The topological polar surface area (TPSA) is 74.8 Å². The van der Waals surface area contributed by atoms with Crippen LogP contribution in [-0.4, -0.2) is 40.5 Å². The van der Waals surface area contributed by atoms with E-state index in [1.54, 1.807) is 48.5 Å². The smallest absolute Gasteiger partial charge is 0.261 e. The van der Waals surface area contributed by atoms with E-state index >= 15 is 0 Å². The van der Waals surface area contributed by atoms with Crippen molar-refractivity contribution >= 4 is 35.2 Å². The minimum absolute atomic E-state index is 0.00386. The highest BCUT2D eigenvalue weighted by Gasteiger charge is 2.62. The highest BCUT2D eigenvalue weighted by atomic mass is 35.5. The zero-order chi connectivity index (χ0) is 19.3. The molecule has 2 aromatic rings. The number of halogens is 1. The Morgan fingerprint density at radius 2 is 1.63 bits per heavy atom. The number of hydrogen-bond acceptors (Lipinski definition) is 4. The Labute approximate surface area is 160 Å². The molecule has 1 spiro atoms. The standard InChI is InChI=1S/C20H15ClN2O4/c1-22-16(24)10-20(18(22)26)15-5-3-2-4-14(15)17(25)23(19(20)27)11-12-6-8-13(21)9-7-12/h2-9H,10-11H2,1H3. The van der Waals surface area contributed by atoms with Gasteiger partial charge < -0.3 is 0 Å². The van der Waals surface area contributed by atoms with Gasteiger partial charge in [-0.2, -0.15) is 0 Å². The molecule has 4 rings (SSSR count). The van der Waals surface area contributed by atoms with Crippen molar-refractivity contribution in [3.8, 4) is 0 Å². The summed E-state index contributed by atoms with van der Waals surface area (Å²) in [5, 5.41) is 0.537. The lowest BCUT2D eigenvalue weighted by molar-refractivity contribution is -0.145. The van der Waals surface area contributed by atoms with Crippen molar-refractivity contribution in [3.63, 3.8) is 0 Å². The van der Waals surface area contributed by atoms with Crippen molar-refractivity contribution in [2.24, 2.45) is 0 Å². The van der Waals surface area contributed by atoms with Gasteiger partial charge in [-0.3, -0.25) is 29.0 Å². The van der Waals surface area contributed by atoms with Crippen molar-refractivity contribution in [1.29, 1.82) is 0 Å². The van der Waals surface area contributed by atoms with E-state index in [0.717, 1.165) is 9.80 Å². The minimum atomic E-state index is -1.68. The maximum absolute atomic E-state index is 13.4. The predicted octanol–water partition coefficient (Wildman–Crippen LogP) is 2.15. The van der Waals surface area contributed by atoms with E-state index in [1.807, 2.05) is 0 Å². The molecule has 2 heterocycles. The molecule has 1 saturated heterocycles. The van der Waals surface area contributed by atoms with Gasteiger partial charge in [0.2, 0.25) is 11.8 Å². The number of imide groups is 2. The molecular formula is C20H15ClN2O4. The quantitative estimate of drug-likeness (QED) is 0.589. The van der Waals surface area contributed by atoms with Crippen LogP contribution in [0.4, 0.5) is 0 Å². The third-order valence-corrected chi connectivity index (χ3v) is 5.44. The third kappa shape index (κ3) is 2.40.